The number of rotatable bonds is 6. The van der Waals surface area contributed by atoms with Crippen LogP contribution in [-0.4, -0.2) is 27.7 Å². The highest BCUT2D eigenvalue weighted by molar-refractivity contribution is 5.10. The number of aliphatic hydroxyl groups is 2. The smallest absolute Gasteiger partial charge is 0.160 e. The molecule has 0 aromatic heterocycles. The highest BCUT2D eigenvalue weighted by atomic mass is 16.6. The van der Waals surface area contributed by atoms with Crippen molar-refractivity contribution in [3.05, 3.63) is 0 Å². The zero-order valence-corrected chi connectivity index (χ0v) is 14.8. The predicted octanol–water partition coefficient (Wildman–Crippen LogP) is 3.87. The number of hydrogen-bond donors (Lipinski definition) is 2. The van der Waals surface area contributed by atoms with Gasteiger partial charge in [0.25, 0.3) is 0 Å². The van der Waals surface area contributed by atoms with E-state index in [0.717, 1.165) is 44.9 Å². The Morgan fingerprint density at radius 3 is 2.23 bits per heavy atom. The maximum absolute atomic E-state index is 10.9. The van der Waals surface area contributed by atoms with Gasteiger partial charge in [0.1, 0.15) is 0 Å². The lowest BCUT2D eigenvalue weighted by Gasteiger charge is -2.60. The molecule has 4 atom stereocenters. The van der Waals surface area contributed by atoms with Crippen molar-refractivity contribution >= 4 is 0 Å². The average molecular weight is 310 g/mol. The molecule has 4 aliphatic carbocycles. The first-order valence-corrected chi connectivity index (χ1v) is 9.26. The second kappa shape index (κ2) is 5.46. The van der Waals surface area contributed by atoms with E-state index >= 15 is 0 Å². The Morgan fingerprint density at radius 1 is 1.18 bits per heavy atom. The van der Waals surface area contributed by atoms with Crippen LogP contribution in [0.4, 0.5) is 0 Å². The maximum atomic E-state index is 10.9. The third-order valence-corrected chi connectivity index (χ3v) is 6.62. The summed E-state index contributed by atoms with van der Waals surface area (Å²) in [5.74, 6) is 1.73. The molecule has 4 aliphatic rings. The van der Waals surface area contributed by atoms with Gasteiger partial charge in [0.05, 0.1) is 11.2 Å². The van der Waals surface area contributed by atoms with Crippen LogP contribution in [0.25, 0.3) is 0 Å². The largest absolute Gasteiger partial charge is 0.390 e. The van der Waals surface area contributed by atoms with Crippen LogP contribution in [0.3, 0.4) is 0 Å². The summed E-state index contributed by atoms with van der Waals surface area (Å²) < 4.78 is 6.37. The molecule has 3 nitrogen and oxygen atoms in total. The van der Waals surface area contributed by atoms with E-state index in [9.17, 15) is 10.2 Å². The molecule has 4 saturated carbocycles. The van der Waals surface area contributed by atoms with Gasteiger partial charge in [-0.2, -0.15) is 0 Å². The van der Waals surface area contributed by atoms with Gasteiger partial charge in [-0.3, -0.25) is 0 Å². The van der Waals surface area contributed by atoms with Crippen molar-refractivity contribution in [1.82, 2.24) is 0 Å². The zero-order valence-electron chi connectivity index (χ0n) is 14.8. The Morgan fingerprint density at radius 2 is 1.77 bits per heavy atom. The van der Waals surface area contributed by atoms with Gasteiger partial charge in [0, 0.05) is 11.8 Å². The van der Waals surface area contributed by atoms with Crippen LogP contribution in [0.1, 0.15) is 79.1 Å². The third-order valence-electron chi connectivity index (χ3n) is 6.62. The summed E-state index contributed by atoms with van der Waals surface area (Å²) in [7, 11) is 0. The monoisotopic (exact) mass is 310 g/mol. The maximum Gasteiger partial charge on any atom is 0.160 e. The quantitative estimate of drug-likeness (QED) is 0.732. The van der Waals surface area contributed by atoms with E-state index in [4.69, 9.17) is 4.74 Å². The van der Waals surface area contributed by atoms with Crippen LogP contribution in [-0.2, 0) is 4.74 Å². The van der Waals surface area contributed by atoms with Gasteiger partial charge >= 0.3 is 0 Å². The van der Waals surface area contributed by atoms with E-state index in [1.807, 2.05) is 0 Å². The summed E-state index contributed by atoms with van der Waals surface area (Å²) in [5, 5.41) is 21.7. The van der Waals surface area contributed by atoms with Crippen molar-refractivity contribution in [2.75, 3.05) is 0 Å². The Kier molecular flexibility index (Phi) is 4.15. The second-order valence-electron chi connectivity index (χ2n) is 9.44. The fourth-order valence-corrected chi connectivity index (χ4v) is 6.00. The van der Waals surface area contributed by atoms with Gasteiger partial charge in [-0.15, -0.1) is 0 Å². The molecule has 22 heavy (non-hydrogen) atoms. The lowest BCUT2D eigenvalue weighted by atomic mass is 9.52. The van der Waals surface area contributed by atoms with Crippen molar-refractivity contribution < 1.29 is 14.9 Å². The molecule has 3 heteroatoms. The Hall–Kier alpha value is -0.120. The van der Waals surface area contributed by atoms with Crippen molar-refractivity contribution in [2.24, 2.45) is 23.2 Å². The van der Waals surface area contributed by atoms with Crippen molar-refractivity contribution in [2.45, 2.75) is 96.6 Å². The predicted molar refractivity (Wildman–Crippen MR) is 87.3 cm³/mol. The molecule has 0 saturated heterocycles. The molecule has 0 aromatic rings. The zero-order chi connectivity index (χ0) is 16.2. The summed E-state index contributed by atoms with van der Waals surface area (Å²) in [4.78, 5) is 0. The normalized spacial score (nSPS) is 44.3. The molecule has 0 aliphatic heterocycles. The molecule has 0 heterocycles. The van der Waals surface area contributed by atoms with Crippen molar-refractivity contribution in [1.29, 1.82) is 0 Å². The molecule has 4 fully saturated rings. The molecule has 128 valence electrons. The lowest BCUT2D eigenvalue weighted by molar-refractivity contribution is -0.296. The number of aliphatic hydroxyl groups excluding tert-OH is 1. The molecule has 4 bridgehead atoms. The van der Waals surface area contributed by atoms with E-state index in [1.165, 1.54) is 6.42 Å². The SMILES string of the molecule is CCC(C)(CC(C)C)C(O)OC12CC3CC(CC(O)(C3)C1)C2. The van der Waals surface area contributed by atoms with Gasteiger partial charge in [-0.1, -0.05) is 27.7 Å². The molecular weight excluding hydrogens is 276 g/mol. The summed E-state index contributed by atoms with van der Waals surface area (Å²) in [6.07, 6.45) is 7.10. The minimum atomic E-state index is -0.722. The average Bonchev–Trinajstić information content (AvgIpc) is 2.33. The molecule has 0 amide bonds. The number of ether oxygens (including phenoxy) is 1. The molecule has 4 rings (SSSR count). The molecule has 0 aromatic carbocycles. The first-order valence-electron chi connectivity index (χ1n) is 9.26. The van der Waals surface area contributed by atoms with Gasteiger partial charge < -0.3 is 14.9 Å². The third kappa shape index (κ3) is 2.97. The molecule has 4 unspecified atom stereocenters. The Balaban J connectivity index is 1.74. The van der Waals surface area contributed by atoms with Crippen LogP contribution in [0.2, 0.25) is 0 Å². The standard InChI is InChI=1S/C19H34O3/c1-5-17(4,7-13(2)3)16(20)22-19-10-14-6-15(11-19)9-18(21,8-14)12-19/h13-16,20-21H,5-12H2,1-4H3. The topological polar surface area (TPSA) is 49.7 Å². The minimum absolute atomic E-state index is 0.194. The van der Waals surface area contributed by atoms with Crippen LogP contribution >= 0.6 is 0 Å². The Bertz CT molecular complexity index is 405. The van der Waals surface area contributed by atoms with E-state index in [1.54, 1.807) is 0 Å². The summed E-state index contributed by atoms with van der Waals surface area (Å²) in [6.45, 7) is 8.69. The van der Waals surface area contributed by atoms with Gasteiger partial charge in [-0.25, -0.2) is 0 Å². The highest BCUT2D eigenvalue weighted by Gasteiger charge is 2.59. The first kappa shape index (κ1) is 16.7. The summed E-state index contributed by atoms with van der Waals surface area (Å²) in [5.41, 5.74) is -0.990. The highest BCUT2D eigenvalue weighted by Crippen LogP contribution is 2.59. The first-order chi connectivity index (χ1) is 10.2. The van der Waals surface area contributed by atoms with Gasteiger partial charge in [-0.05, 0) is 62.7 Å². The second-order valence-corrected chi connectivity index (χ2v) is 9.44. The van der Waals surface area contributed by atoms with E-state index in [0.29, 0.717) is 17.8 Å². The summed E-state index contributed by atoms with van der Waals surface area (Å²) in [6, 6.07) is 0. The summed E-state index contributed by atoms with van der Waals surface area (Å²) >= 11 is 0. The van der Waals surface area contributed by atoms with E-state index in [-0.39, 0.29) is 11.0 Å². The Labute approximate surface area is 135 Å². The molecule has 0 spiro atoms. The van der Waals surface area contributed by atoms with Crippen LogP contribution < -0.4 is 0 Å². The van der Waals surface area contributed by atoms with Crippen LogP contribution in [0.5, 0.6) is 0 Å². The fourth-order valence-electron chi connectivity index (χ4n) is 6.00. The molecule has 2 N–H and O–H groups in total. The van der Waals surface area contributed by atoms with Crippen molar-refractivity contribution in [3.8, 4) is 0 Å². The van der Waals surface area contributed by atoms with Crippen LogP contribution in [0, 0.1) is 23.2 Å². The molecule has 0 radical (unpaired) electrons. The van der Waals surface area contributed by atoms with Gasteiger partial charge in [0.15, 0.2) is 6.29 Å². The van der Waals surface area contributed by atoms with Crippen molar-refractivity contribution in [3.63, 3.8) is 0 Å². The van der Waals surface area contributed by atoms with E-state index in [2.05, 4.69) is 27.7 Å². The molecular formula is C19H34O3. The lowest BCUT2D eigenvalue weighted by Crippen LogP contribution is -2.61. The van der Waals surface area contributed by atoms with Crippen LogP contribution in [0.15, 0.2) is 0 Å². The number of hydrogen-bond acceptors (Lipinski definition) is 3. The minimum Gasteiger partial charge on any atom is -0.390 e. The van der Waals surface area contributed by atoms with E-state index < -0.39 is 11.9 Å². The van der Waals surface area contributed by atoms with Gasteiger partial charge in [0.2, 0.25) is 0 Å². The fraction of sp³-hybridized carbons (Fsp3) is 1.00.